The van der Waals surface area contributed by atoms with E-state index in [2.05, 4.69) is 0 Å². The number of benzene rings is 1. The van der Waals surface area contributed by atoms with E-state index in [4.69, 9.17) is 16.3 Å². The molecule has 0 fully saturated rings. The van der Waals surface area contributed by atoms with Gasteiger partial charge in [0.05, 0.1) is 4.92 Å². The zero-order valence-corrected chi connectivity index (χ0v) is 7.27. The van der Waals surface area contributed by atoms with Crippen LogP contribution in [-0.2, 0) is 0 Å². The van der Waals surface area contributed by atoms with Gasteiger partial charge in [-0.25, -0.2) is 0 Å². The molecule has 0 atom stereocenters. The highest BCUT2D eigenvalue weighted by atomic mass is 35.5. The quantitative estimate of drug-likeness (QED) is 0.427. The Morgan fingerprint density at radius 3 is 2.46 bits per heavy atom. The Labute approximate surface area is 79.5 Å². The second-order valence-electron chi connectivity index (χ2n) is 2.13. The van der Waals surface area contributed by atoms with Crippen molar-refractivity contribution in [2.45, 2.75) is 0 Å². The zero-order valence-electron chi connectivity index (χ0n) is 6.51. The lowest BCUT2D eigenvalue weighted by molar-refractivity contribution is -0.384. The molecule has 0 saturated heterocycles. The first-order valence-electron chi connectivity index (χ1n) is 3.40. The van der Waals surface area contributed by atoms with Gasteiger partial charge in [-0.3, -0.25) is 10.1 Å². The first kappa shape index (κ1) is 9.54. The summed E-state index contributed by atoms with van der Waals surface area (Å²) >= 11 is 5.22. The fourth-order valence-corrected chi connectivity index (χ4v) is 0.802. The van der Waals surface area contributed by atoms with E-state index in [-0.39, 0.29) is 5.69 Å². The largest absolute Gasteiger partial charge is 0.464 e. The topological polar surface area (TPSA) is 52.4 Å². The molecule has 1 aromatic rings. The van der Waals surface area contributed by atoms with Gasteiger partial charge in [-0.05, 0) is 12.1 Å². The van der Waals surface area contributed by atoms with E-state index in [1.165, 1.54) is 36.1 Å². The highest BCUT2D eigenvalue weighted by Gasteiger charge is 2.03. The molecule has 4 nitrogen and oxygen atoms in total. The molecule has 0 N–H and O–H groups in total. The Morgan fingerprint density at radius 2 is 2.00 bits per heavy atom. The summed E-state index contributed by atoms with van der Waals surface area (Å²) in [6, 6.07) is 5.71. The lowest BCUT2D eigenvalue weighted by Crippen LogP contribution is -1.87. The van der Waals surface area contributed by atoms with Gasteiger partial charge in [0.1, 0.15) is 12.0 Å². The van der Waals surface area contributed by atoms with Crippen molar-refractivity contribution in [1.82, 2.24) is 0 Å². The van der Waals surface area contributed by atoms with Crippen LogP contribution in [0, 0.1) is 10.1 Å². The second-order valence-corrected chi connectivity index (χ2v) is 2.38. The predicted molar refractivity (Wildman–Crippen MR) is 48.7 cm³/mol. The summed E-state index contributed by atoms with van der Waals surface area (Å²) in [5, 5.41) is 10.3. The van der Waals surface area contributed by atoms with E-state index < -0.39 is 4.92 Å². The summed E-state index contributed by atoms with van der Waals surface area (Å²) in [5.74, 6) is 0.502. The van der Waals surface area contributed by atoms with Gasteiger partial charge in [-0.15, -0.1) is 0 Å². The van der Waals surface area contributed by atoms with Crippen LogP contribution in [0.2, 0.25) is 0 Å². The molecule has 0 spiro atoms. The van der Waals surface area contributed by atoms with Crippen molar-refractivity contribution in [3.05, 3.63) is 46.2 Å². The molecule has 0 aliphatic carbocycles. The van der Waals surface area contributed by atoms with E-state index in [1.54, 1.807) is 0 Å². The Hall–Kier alpha value is -1.55. The van der Waals surface area contributed by atoms with Gasteiger partial charge in [-0.1, -0.05) is 11.6 Å². The molecule has 0 saturated carbocycles. The summed E-state index contributed by atoms with van der Waals surface area (Å²) in [5.41, 5.74) is 1.24. The normalized spacial score (nSPS) is 10.2. The molecule has 1 rings (SSSR count). The maximum absolute atomic E-state index is 10.3. The smallest absolute Gasteiger partial charge is 0.269 e. The fourth-order valence-electron chi connectivity index (χ4n) is 0.751. The Morgan fingerprint density at radius 1 is 1.38 bits per heavy atom. The monoisotopic (exact) mass is 199 g/mol. The van der Waals surface area contributed by atoms with Crippen LogP contribution >= 0.6 is 11.6 Å². The van der Waals surface area contributed by atoms with Crippen molar-refractivity contribution >= 4 is 17.3 Å². The average Bonchev–Trinajstić information content (AvgIpc) is 2.15. The van der Waals surface area contributed by atoms with Crippen LogP contribution in [0.4, 0.5) is 5.69 Å². The minimum Gasteiger partial charge on any atom is -0.464 e. The molecular weight excluding hydrogens is 194 g/mol. The Kier molecular flexibility index (Phi) is 3.28. The molecule has 0 aliphatic heterocycles. The summed E-state index contributed by atoms with van der Waals surface area (Å²) < 4.78 is 4.95. The van der Waals surface area contributed by atoms with E-state index in [0.29, 0.717) is 5.75 Å². The van der Waals surface area contributed by atoms with Crippen LogP contribution in [0.1, 0.15) is 0 Å². The van der Waals surface area contributed by atoms with E-state index in [1.807, 2.05) is 0 Å². The van der Waals surface area contributed by atoms with Gasteiger partial charge in [0, 0.05) is 17.7 Å². The van der Waals surface area contributed by atoms with E-state index in [9.17, 15) is 10.1 Å². The molecule has 0 bridgehead atoms. The second kappa shape index (κ2) is 4.47. The minimum absolute atomic E-state index is 0.0298. The molecule has 0 aromatic heterocycles. The van der Waals surface area contributed by atoms with Gasteiger partial charge < -0.3 is 4.74 Å². The fraction of sp³-hybridized carbons (Fsp3) is 0. The van der Waals surface area contributed by atoms with Crippen LogP contribution in [0.5, 0.6) is 5.75 Å². The van der Waals surface area contributed by atoms with Crippen molar-refractivity contribution in [2.24, 2.45) is 0 Å². The van der Waals surface area contributed by atoms with Crippen molar-refractivity contribution in [3.8, 4) is 5.75 Å². The van der Waals surface area contributed by atoms with Crippen molar-refractivity contribution in [1.29, 1.82) is 0 Å². The highest BCUT2D eigenvalue weighted by Crippen LogP contribution is 2.17. The molecular formula is C8H6ClNO3. The Balaban J connectivity index is 2.75. The van der Waals surface area contributed by atoms with Crippen LogP contribution in [0.15, 0.2) is 36.1 Å². The third kappa shape index (κ3) is 2.76. The van der Waals surface area contributed by atoms with Gasteiger partial charge in [-0.2, -0.15) is 0 Å². The first-order chi connectivity index (χ1) is 6.24. The predicted octanol–water partition coefficient (Wildman–Crippen LogP) is 2.68. The highest BCUT2D eigenvalue weighted by molar-refractivity contribution is 6.25. The summed E-state index contributed by atoms with van der Waals surface area (Å²) in [6.07, 6.45) is 1.28. The molecule has 0 heterocycles. The number of non-ortho nitro benzene ring substituents is 1. The van der Waals surface area contributed by atoms with Crippen molar-refractivity contribution in [2.75, 3.05) is 0 Å². The summed E-state index contributed by atoms with van der Waals surface area (Å²) in [4.78, 5) is 9.78. The number of ether oxygens (including phenoxy) is 1. The van der Waals surface area contributed by atoms with Gasteiger partial charge >= 0.3 is 0 Å². The first-order valence-corrected chi connectivity index (χ1v) is 3.84. The SMILES string of the molecule is O=[N+]([O-])c1ccc(OC=CCl)cc1. The van der Waals surface area contributed by atoms with Crippen LogP contribution < -0.4 is 4.74 Å². The summed E-state index contributed by atoms with van der Waals surface area (Å²) in [7, 11) is 0. The molecule has 13 heavy (non-hydrogen) atoms. The number of rotatable bonds is 3. The maximum Gasteiger partial charge on any atom is 0.269 e. The van der Waals surface area contributed by atoms with Gasteiger partial charge in [0.25, 0.3) is 5.69 Å². The number of halogens is 1. The lowest BCUT2D eigenvalue weighted by atomic mass is 10.3. The standard InChI is InChI=1S/C8H6ClNO3/c9-5-6-13-8-3-1-7(2-4-8)10(11)12/h1-6H. The van der Waals surface area contributed by atoms with Gasteiger partial charge in [0.15, 0.2) is 0 Å². The van der Waals surface area contributed by atoms with Crippen molar-refractivity contribution < 1.29 is 9.66 Å². The van der Waals surface area contributed by atoms with E-state index >= 15 is 0 Å². The molecule has 1 aromatic carbocycles. The number of nitro groups is 1. The van der Waals surface area contributed by atoms with Gasteiger partial charge in [0.2, 0.25) is 0 Å². The van der Waals surface area contributed by atoms with Crippen LogP contribution in [0.25, 0.3) is 0 Å². The average molecular weight is 200 g/mol. The molecule has 68 valence electrons. The molecule has 0 radical (unpaired) electrons. The number of hydrogen-bond acceptors (Lipinski definition) is 3. The maximum atomic E-state index is 10.3. The number of nitro benzene ring substituents is 1. The molecule has 0 aliphatic rings. The third-order valence-electron chi connectivity index (χ3n) is 1.30. The number of nitrogens with zero attached hydrogens (tertiary/aromatic N) is 1. The molecule has 0 amide bonds. The number of hydrogen-bond donors (Lipinski definition) is 0. The third-order valence-corrected chi connectivity index (χ3v) is 1.41. The van der Waals surface area contributed by atoms with E-state index in [0.717, 1.165) is 0 Å². The molecule has 0 unspecified atom stereocenters. The van der Waals surface area contributed by atoms with Crippen LogP contribution in [-0.4, -0.2) is 4.92 Å². The minimum atomic E-state index is -0.471. The summed E-state index contributed by atoms with van der Waals surface area (Å²) in [6.45, 7) is 0. The zero-order chi connectivity index (χ0) is 9.68. The van der Waals surface area contributed by atoms with Crippen LogP contribution in [0.3, 0.4) is 0 Å². The Bertz CT molecular complexity index is 321. The van der Waals surface area contributed by atoms with Crippen molar-refractivity contribution in [3.63, 3.8) is 0 Å². The lowest BCUT2D eigenvalue weighted by Gasteiger charge is -1.97. The molecule has 5 heteroatoms.